The summed E-state index contributed by atoms with van der Waals surface area (Å²) in [4.78, 5) is 12.3. The fraction of sp³-hybridized carbons (Fsp3) is 0.400. The lowest BCUT2D eigenvalue weighted by Gasteiger charge is -2.15. The zero-order chi connectivity index (χ0) is 15.9. The number of nitrogens with zero attached hydrogens (tertiary/aromatic N) is 3. The highest BCUT2D eigenvalue weighted by Gasteiger charge is 2.20. The predicted octanol–water partition coefficient (Wildman–Crippen LogP) is 2.02. The van der Waals surface area contributed by atoms with Gasteiger partial charge >= 0.3 is 0 Å². The zero-order valence-electron chi connectivity index (χ0n) is 12.9. The maximum Gasteiger partial charge on any atom is 0.254 e. The van der Waals surface area contributed by atoms with Crippen molar-refractivity contribution in [2.24, 2.45) is 0 Å². The molecule has 1 atom stereocenters. The zero-order valence-corrected chi connectivity index (χ0v) is 13.8. The van der Waals surface area contributed by atoms with Crippen LogP contribution in [-0.4, -0.2) is 34.0 Å². The highest BCUT2D eigenvalue weighted by molar-refractivity contribution is 7.98. The van der Waals surface area contributed by atoms with Gasteiger partial charge in [-0.1, -0.05) is 42.1 Å². The molecule has 0 unspecified atom stereocenters. The summed E-state index contributed by atoms with van der Waals surface area (Å²) >= 11 is 1.53. The molecule has 1 aromatic carbocycles. The third kappa shape index (κ3) is 3.66. The van der Waals surface area contributed by atoms with Crippen molar-refractivity contribution in [3.05, 3.63) is 41.7 Å². The van der Waals surface area contributed by atoms with Gasteiger partial charge < -0.3 is 14.6 Å². The Morgan fingerprint density at radius 2 is 2.09 bits per heavy atom. The molecule has 2 rings (SSSR count). The Hall–Kier alpha value is -1.86. The van der Waals surface area contributed by atoms with E-state index in [1.54, 1.807) is 0 Å². The second-order valence-electron chi connectivity index (χ2n) is 4.59. The first-order valence-electron chi connectivity index (χ1n) is 7.02. The molecule has 0 fully saturated rings. The second kappa shape index (κ2) is 7.95. The molecular weight excluding hydrogens is 300 g/mol. The molecule has 0 saturated heterocycles. The van der Waals surface area contributed by atoms with Gasteiger partial charge in [-0.05, 0) is 18.7 Å². The minimum atomic E-state index is -0.626. The Kier molecular flexibility index (Phi) is 5.97. The maximum atomic E-state index is 12.3. The number of benzene rings is 1. The van der Waals surface area contributed by atoms with Gasteiger partial charge in [-0.3, -0.25) is 4.79 Å². The van der Waals surface area contributed by atoms with Gasteiger partial charge in [0.2, 0.25) is 0 Å². The standard InChI is InChI=1S/C15H20N4O2S/c1-4-19-12(17-18-15(19)22-3)10-16-14(20)13(21-2)11-8-6-5-7-9-11/h5-9,13H,4,10H2,1-3H3,(H,16,20)/t13-/m0/s1. The number of aromatic nitrogens is 3. The number of amides is 1. The molecule has 1 aromatic heterocycles. The molecule has 1 heterocycles. The molecular formula is C15H20N4O2S. The van der Waals surface area contributed by atoms with E-state index in [0.29, 0.717) is 6.54 Å². The Bertz CT molecular complexity index is 615. The summed E-state index contributed by atoms with van der Waals surface area (Å²) in [5.74, 6) is 0.549. The van der Waals surface area contributed by atoms with Crippen molar-refractivity contribution in [1.29, 1.82) is 0 Å². The van der Waals surface area contributed by atoms with Gasteiger partial charge in [-0.2, -0.15) is 0 Å². The van der Waals surface area contributed by atoms with Crippen molar-refractivity contribution in [2.45, 2.75) is 31.3 Å². The van der Waals surface area contributed by atoms with E-state index in [9.17, 15) is 4.79 Å². The smallest absolute Gasteiger partial charge is 0.254 e. The Morgan fingerprint density at radius 1 is 1.36 bits per heavy atom. The summed E-state index contributed by atoms with van der Waals surface area (Å²) in [7, 11) is 1.53. The molecule has 22 heavy (non-hydrogen) atoms. The quantitative estimate of drug-likeness (QED) is 0.791. The minimum Gasteiger partial charge on any atom is -0.367 e. The van der Waals surface area contributed by atoms with E-state index < -0.39 is 6.10 Å². The van der Waals surface area contributed by atoms with Gasteiger partial charge in [-0.15, -0.1) is 10.2 Å². The van der Waals surface area contributed by atoms with Crippen LogP contribution in [0.25, 0.3) is 0 Å². The van der Waals surface area contributed by atoms with Gasteiger partial charge in [0.1, 0.15) is 0 Å². The number of nitrogens with one attached hydrogen (secondary N) is 1. The molecule has 0 aliphatic rings. The van der Waals surface area contributed by atoms with Crippen LogP contribution in [0.4, 0.5) is 0 Å². The number of rotatable bonds is 7. The molecule has 0 aliphatic heterocycles. The fourth-order valence-electron chi connectivity index (χ4n) is 2.20. The van der Waals surface area contributed by atoms with Crippen LogP contribution in [0.3, 0.4) is 0 Å². The lowest BCUT2D eigenvalue weighted by atomic mass is 10.1. The van der Waals surface area contributed by atoms with E-state index in [1.165, 1.54) is 18.9 Å². The average Bonchev–Trinajstić information content (AvgIpc) is 2.96. The third-order valence-corrected chi connectivity index (χ3v) is 3.96. The van der Waals surface area contributed by atoms with E-state index in [2.05, 4.69) is 15.5 Å². The van der Waals surface area contributed by atoms with Crippen LogP contribution in [0.15, 0.2) is 35.5 Å². The van der Waals surface area contributed by atoms with Crippen LogP contribution in [0.2, 0.25) is 0 Å². The summed E-state index contributed by atoms with van der Waals surface area (Å²) in [6.45, 7) is 3.12. The van der Waals surface area contributed by atoms with Crippen LogP contribution < -0.4 is 5.32 Å². The average molecular weight is 320 g/mol. The molecule has 2 aromatic rings. The van der Waals surface area contributed by atoms with Gasteiger partial charge in [0.15, 0.2) is 17.1 Å². The summed E-state index contributed by atoms with van der Waals surface area (Å²) in [6.07, 6.45) is 1.33. The first kappa shape index (κ1) is 16.5. The largest absolute Gasteiger partial charge is 0.367 e. The Balaban J connectivity index is 2.04. The highest BCUT2D eigenvalue weighted by Crippen LogP contribution is 2.17. The molecule has 0 spiro atoms. The first-order chi connectivity index (χ1) is 10.7. The SMILES string of the molecule is CCn1c(CNC(=O)[C@@H](OC)c2ccccc2)nnc1SC. The van der Waals surface area contributed by atoms with E-state index in [-0.39, 0.29) is 5.91 Å². The van der Waals surface area contributed by atoms with Crippen molar-refractivity contribution in [2.75, 3.05) is 13.4 Å². The maximum absolute atomic E-state index is 12.3. The molecule has 6 nitrogen and oxygen atoms in total. The second-order valence-corrected chi connectivity index (χ2v) is 5.36. The normalized spacial score (nSPS) is 12.1. The monoisotopic (exact) mass is 320 g/mol. The molecule has 0 aliphatic carbocycles. The fourth-order valence-corrected chi connectivity index (χ4v) is 2.78. The molecule has 0 saturated carbocycles. The van der Waals surface area contributed by atoms with E-state index in [0.717, 1.165) is 23.1 Å². The van der Waals surface area contributed by atoms with Crippen LogP contribution in [0.5, 0.6) is 0 Å². The lowest BCUT2D eigenvalue weighted by molar-refractivity contribution is -0.131. The molecule has 1 amide bonds. The van der Waals surface area contributed by atoms with Crippen LogP contribution in [-0.2, 0) is 22.6 Å². The molecule has 118 valence electrons. The van der Waals surface area contributed by atoms with Crippen LogP contribution in [0, 0.1) is 0 Å². The Labute approximate surface area is 134 Å². The van der Waals surface area contributed by atoms with Crippen molar-refractivity contribution < 1.29 is 9.53 Å². The number of carbonyl (C=O) groups is 1. The summed E-state index contributed by atoms with van der Waals surface area (Å²) in [5.41, 5.74) is 0.823. The topological polar surface area (TPSA) is 69.0 Å². The van der Waals surface area contributed by atoms with E-state index >= 15 is 0 Å². The summed E-state index contributed by atoms with van der Waals surface area (Å²) in [5, 5.41) is 11.9. The van der Waals surface area contributed by atoms with Crippen LogP contribution >= 0.6 is 11.8 Å². The van der Waals surface area contributed by atoms with Crippen molar-refractivity contribution in [1.82, 2.24) is 20.1 Å². The minimum absolute atomic E-state index is 0.190. The van der Waals surface area contributed by atoms with E-state index in [4.69, 9.17) is 4.74 Å². The predicted molar refractivity (Wildman–Crippen MR) is 85.5 cm³/mol. The number of thioether (sulfide) groups is 1. The first-order valence-corrected chi connectivity index (χ1v) is 8.25. The van der Waals surface area contributed by atoms with Gasteiger partial charge in [0.25, 0.3) is 5.91 Å². The summed E-state index contributed by atoms with van der Waals surface area (Å²) in [6, 6.07) is 9.41. The molecule has 0 bridgehead atoms. The number of ether oxygens (including phenoxy) is 1. The lowest BCUT2D eigenvalue weighted by Crippen LogP contribution is -2.31. The highest BCUT2D eigenvalue weighted by atomic mass is 32.2. The molecule has 1 N–H and O–H groups in total. The number of hydrogen-bond donors (Lipinski definition) is 1. The van der Waals surface area contributed by atoms with Gasteiger partial charge in [0.05, 0.1) is 6.54 Å². The molecule has 0 radical (unpaired) electrons. The van der Waals surface area contributed by atoms with E-state index in [1.807, 2.05) is 48.1 Å². The number of methoxy groups -OCH3 is 1. The van der Waals surface area contributed by atoms with Crippen molar-refractivity contribution in [3.63, 3.8) is 0 Å². The van der Waals surface area contributed by atoms with Gasteiger partial charge in [0, 0.05) is 13.7 Å². The van der Waals surface area contributed by atoms with Crippen molar-refractivity contribution >= 4 is 17.7 Å². The molecule has 7 heteroatoms. The number of hydrogen-bond acceptors (Lipinski definition) is 5. The van der Waals surface area contributed by atoms with Gasteiger partial charge in [-0.25, -0.2) is 0 Å². The van der Waals surface area contributed by atoms with Crippen LogP contribution in [0.1, 0.15) is 24.4 Å². The van der Waals surface area contributed by atoms with Crippen molar-refractivity contribution in [3.8, 4) is 0 Å². The number of carbonyl (C=O) groups excluding carboxylic acids is 1. The third-order valence-electron chi connectivity index (χ3n) is 3.29. The Morgan fingerprint density at radius 3 is 2.68 bits per heavy atom. The summed E-state index contributed by atoms with van der Waals surface area (Å²) < 4.78 is 7.29.